The van der Waals surface area contributed by atoms with Crippen molar-refractivity contribution in [2.75, 3.05) is 18.4 Å². The van der Waals surface area contributed by atoms with Gasteiger partial charge >= 0.3 is 0 Å². The minimum absolute atomic E-state index is 0.0401. The van der Waals surface area contributed by atoms with Gasteiger partial charge in [-0.25, -0.2) is 4.98 Å². The van der Waals surface area contributed by atoms with Gasteiger partial charge in [0.2, 0.25) is 0 Å². The van der Waals surface area contributed by atoms with Crippen LogP contribution in [-0.2, 0) is 7.05 Å². The van der Waals surface area contributed by atoms with Crippen LogP contribution >= 0.6 is 0 Å². The first kappa shape index (κ1) is 20.2. The number of pyridine rings is 1. The molecule has 3 rings (SSSR count). The topological polar surface area (TPSA) is 115 Å². The zero-order chi connectivity index (χ0) is 21.1. The summed E-state index contributed by atoms with van der Waals surface area (Å²) in [5.41, 5.74) is 3.66. The van der Waals surface area contributed by atoms with E-state index in [1.165, 1.54) is 12.1 Å². The molecule has 0 bridgehead atoms. The van der Waals surface area contributed by atoms with E-state index in [2.05, 4.69) is 20.7 Å². The number of hydrogen-bond acceptors (Lipinski definition) is 6. The molecular weight excluding hydrogens is 372 g/mol. The number of nitrogens with one attached hydrogen (secondary N) is 2. The van der Waals surface area contributed by atoms with E-state index >= 15 is 0 Å². The van der Waals surface area contributed by atoms with E-state index in [9.17, 15) is 14.9 Å². The van der Waals surface area contributed by atoms with Crippen molar-refractivity contribution >= 4 is 28.3 Å². The summed E-state index contributed by atoms with van der Waals surface area (Å²) in [5, 5.41) is 21.9. The molecule has 2 aromatic heterocycles. The van der Waals surface area contributed by atoms with Gasteiger partial charge in [0.25, 0.3) is 11.6 Å². The van der Waals surface area contributed by atoms with Crippen LogP contribution in [0.15, 0.2) is 30.3 Å². The lowest BCUT2D eigenvalue weighted by molar-refractivity contribution is -0.384. The third-order valence-corrected chi connectivity index (χ3v) is 4.64. The fourth-order valence-corrected chi connectivity index (χ4v) is 3.12. The van der Waals surface area contributed by atoms with Gasteiger partial charge in [0.1, 0.15) is 0 Å². The van der Waals surface area contributed by atoms with Crippen molar-refractivity contribution < 1.29 is 9.72 Å². The van der Waals surface area contributed by atoms with Gasteiger partial charge in [0.05, 0.1) is 21.6 Å². The summed E-state index contributed by atoms with van der Waals surface area (Å²) in [6.07, 6.45) is 0. The van der Waals surface area contributed by atoms with Crippen LogP contribution in [0.25, 0.3) is 11.0 Å². The molecule has 3 aromatic rings. The van der Waals surface area contributed by atoms with E-state index in [-0.39, 0.29) is 17.5 Å². The van der Waals surface area contributed by atoms with E-state index in [1.807, 2.05) is 33.9 Å². The van der Waals surface area contributed by atoms with Crippen molar-refractivity contribution in [1.29, 1.82) is 0 Å². The molecule has 0 spiro atoms. The van der Waals surface area contributed by atoms with Crippen LogP contribution in [0.1, 0.15) is 41.5 Å². The maximum Gasteiger partial charge on any atom is 0.269 e. The lowest BCUT2D eigenvalue weighted by Crippen LogP contribution is -2.29. The Balaban J connectivity index is 1.69. The third kappa shape index (κ3) is 4.34. The Hall–Kier alpha value is -3.49. The van der Waals surface area contributed by atoms with Gasteiger partial charge in [-0.1, -0.05) is 13.8 Å². The summed E-state index contributed by atoms with van der Waals surface area (Å²) in [6, 6.07) is 7.99. The van der Waals surface area contributed by atoms with Crippen molar-refractivity contribution in [2.45, 2.75) is 26.7 Å². The van der Waals surface area contributed by atoms with Crippen LogP contribution in [0, 0.1) is 17.0 Å². The van der Waals surface area contributed by atoms with E-state index in [4.69, 9.17) is 0 Å². The number of amides is 1. The molecule has 9 nitrogen and oxygen atoms in total. The number of aromatic nitrogens is 3. The SMILES string of the molecule is Cc1nn(C)c2nc(C(C)C)cc(C(=O)NCCNc3ccc([N+](=O)[O-])cc3)c12. The molecule has 152 valence electrons. The molecule has 0 fully saturated rings. The first-order valence-corrected chi connectivity index (χ1v) is 9.38. The van der Waals surface area contributed by atoms with Crippen LogP contribution in [0.4, 0.5) is 11.4 Å². The first-order chi connectivity index (χ1) is 13.8. The van der Waals surface area contributed by atoms with Gasteiger partial charge in [0.15, 0.2) is 5.65 Å². The molecule has 0 saturated heterocycles. The van der Waals surface area contributed by atoms with Crippen molar-refractivity contribution in [3.05, 3.63) is 57.4 Å². The minimum atomic E-state index is -0.439. The Bertz CT molecular complexity index is 1060. The summed E-state index contributed by atoms with van der Waals surface area (Å²) in [5.74, 6) is 0.00543. The molecule has 1 aromatic carbocycles. The lowest BCUT2D eigenvalue weighted by atomic mass is 10.0. The zero-order valence-corrected chi connectivity index (χ0v) is 16.9. The minimum Gasteiger partial charge on any atom is -0.383 e. The average molecular weight is 396 g/mol. The van der Waals surface area contributed by atoms with E-state index in [1.54, 1.807) is 16.8 Å². The number of nitrogens with zero attached hydrogens (tertiary/aromatic N) is 4. The van der Waals surface area contributed by atoms with E-state index < -0.39 is 4.92 Å². The molecule has 0 aliphatic heterocycles. The molecule has 0 atom stereocenters. The van der Waals surface area contributed by atoms with Crippen molar-refractivity contribution in [3.8, 4) is 0 Å². The van der Waals surface area contributed by atoms with Crippen LogP contribution in [0.2, 0.25) is 0 Å². The Morgan fingerprint density at radius 3 is 2.55 bits per heavy atom. The molecule has 29 heavy (non-hydrogen) atoms. The molecule has 0 aliphatic rings. The molecule has 2 N–H and O–H groups in total. The smallest absolute Gasteiger partial charge is 0.269 e. The monoisotopic (exact) mass is 396 g/mol. The summed E-state index contributed by atoms with van der Waals surface area (Å²) in [7, 11) is 1.82. The highest BCUT2D eigenvalue weighted by Crippen LogP contribution is 2.24. The predicted octanol–water partition coefficient (Wildman–Crippen LogP) is 3.15. The van der Waals surface area contributed by atoms with Crippen molar-refractivity contribution in [1.82, 2.24) is 20.1 Å². The second-order valence-electron chi connectivity index (χ2n) is 7.14. The number of hydrogen-bond donors (Lipinski definition) is 2. The fraction of sp³-hybridized carbons (Fsp3) is 0.350. The second-order valence-corrected chi connectivity index (χ2v) is 7.14. The molecule has 0 radical (unpaired) electrons. The Labute approximate surface area is 168 Å². The van der Waals surface area contributed by atoms with Crippen molar-refractivity contribution in [3.63, 3.8) is 0 Å². The number of carbonyl (C=O) groups excluding carboxylic acids is 1. The standard InChI is InChI=1S/C20H24N6O3/c1-12(2)17-11-16(18-13(3)24-25(4)19(18)23-17)20(27)22-10-9-21-14-5-7-15(8-6-14)26(28)29/h5-8,11-12,21H,9-10H2,1-4H3,(H,22,27). The number of benzene rings is 1. The van der Waals surface area contributed by atoms with E-state index in [0.29, 0.717) is 24.3 Å². The Morgan fingerprint density at radius 2 is 1.93 bits per heavy atom. The zero-order valence-electron chi connectivity index (χ0n) is 16.9. The van der Waals surface area contributed by atoms with Gasteiger partial charge in [-0.2, -0.15) is 5.10 Å². The van der Waals surface area contributed by atoms with Gasteiger partial charge in [-0.15, -0.1) is 0 Å². The quantitative estimate of drug-likeness (QED) is 0.360. The normalized spacial score (nSPS) is 11.1. The molecule has 9 heteroatoms. The highest BCUT2D eigenvalue weighted by molar-refractivity contribution is 6.06. The van der Waals surface area contributed by atoms with Gasteiger partial charge in [-0.3, -0.25) is 19.6 Å². The molecule has 0 unspecified atom stereocenters. The van der Waals surface area contributed by atoms with Crippen LogP contribution < -0.4 is 10.6 Å². The molecule has 1 amide bonds. The largest absolute Gasteiger partial charge is 0.383 e. The summed E-state index contributed by atoms with van der Waals surface area (Å²) in [4.78, 5) is 27.8. The van der Waals surface area contributed by atoms with Crippen LogP contribution in [0.3, 0.4) is 0 Å². The number of rotatable bonds is 7. The number of nitro benzene ring substituents is 1. The van der Waals surface area contributed by atoms with Gasteiger partial charge < -0.3 is 10.6 Å². The first-order valence-electron chi connectivity index (χ1n) is 9.38. The highest BCUT2D eigenvalue weighted by atomic mass is 16.6. The maximum absolute atomic E-state index is 12.8. The number of fused-ring (bicyclic) bond motifs is 1. The van der Waals surface area contributed by atoms with E-state index in [0.717, 1.165) is 22.5 Å². The summed E-state index contributed by atoms with van der Waals surface area (Å²) >= 11 is 0. The number of non-ortho nitro benzene ring substituents is 1. The summed E-state index contributed by atoms with van der Waals surface area (Å²) in [6.45, 7) is 6.82. The number of carbonyl (C=O) groups is 1. The summed E-state index contributed by atoms with van der Waals surface area (Å²) < 4.78 is 1.70. The average Bonchev–Trinajstić information content (AvgIpc) is 2.98. The van der Waals surface area contributed by atoms with Crippen LogP contribution in [-0.4, -0.2) is 38.7 Å². The second kappa shape index (κ2) is 8.26. The molecule has 0 aliphatic carbocycles. The molecule has 2 heterocycles. The molecule has 0 saturated carbocycles. The third-order valence-electron chi connectivity index (χ3n) is 4.64. The number of nitro groups is 1. The van der Waals surface area contributed by atoms with Crippen molar-refractivity contribution in [2.24, 2.45) is 7.05 Å². The number of aryl methyl sites for hydroxylation is 2. The van der Waals surface area contributed by atoms with Gasteiger partial charge in [0, 0.05) is 43.7 Å². The highest BCUT2D eigenvalue weighted by Gasteiger charge is 2.19. The molecular formula is C20H24N6O3. The lowest BCUT2D eigenvalue weighted by Gasteiger charge is -2.11. The maximum atomic E-state index is 12.8. The van der Waals surface area contributed by atoms with Gasteiger partial charge in [-0.05, 0) is 31.0 Å². The Morgan fingerprint density at radius 1 is 1.24 bits per heavy atom. The predicted molar refractivity (Wildman–Crippen MR) is 111 cm³/mol. The fourth-order valence-electron chi connectivity index (χ4n) is 3.12. The van der Waals surface area contributed by atoms with Crippen LogP contribution in [0.5, 0.6) is 0 Å². The number of anilines is 1. The Kier molecular flexibility index (Phi) is 5.76.